The summed E-state index contributed by atoms with van der Waals surface area (Å²) < 4.78 is 1.78. The van der Waals surface area contributed by atoms with E-state index in [1.807, 2.05) is 13.8 Å². The predicted molar refractivity (Wildman–Crippen MR) is 104 cm³/mol. The van der Waals surface area contributed by atoms with Gasteiger partial charge in [-0.25, -0.2) is 9.50 Å². The Kier molecular flexibility index (Phi) is 5.27. The van der Waals surface area contributed by atoms with Gasteiger partial charge < -0.3 is 4.90 Å². The molecule has 0 radical (unpaired) electrons. The van der Waals surface area contributed by atoms with Crippen molar-refractivity contribution in [2.24, 2.45) is 0 Å². The van der Waals surface area contributed by atoms with Crippen LogP contribution in [0.5, 0.6) is 0 Å². The van der Waals surface area contributed by atoms with Crippen molar-refractivity contribution in [3.8, 4) is 0 Å². The van der Waals surface area contributed by atoms with Crippen molar-refractivity contribution in [2.45, 2.75) is 32.3 Å². The van der Waals surface area contributed by atoms with E-state index in [-0.39, 0.29) is 5.91 Å². The smallest absolute Gasteiger partial charge is 0.253 e. The minimum absolute atomic E-state index is 0.0368. The molecule has 0 aliphatic carbocycles. The number of carbonyl (C=O) groups is 1. The third-order valence-electron chi connectivity index (χ3n) is 4.35. The van der Waals surface area contributed by atoms with Gasteiger partial charge in [0.1, 0.15) is 0 Å². The fraction of sp³-hybridized carbons (Fsp3) is 0.368. The average molecular weight is 369 g/mol. The number of aryl methyl sites for hydroxylation is 3. The molecular weight excluding hydrogens is 346 g/mol. The second-order valence-electron chi connectivity index (χ2n) is 6.61. The molecule has 0 atom stereocenters. The van der Waals surface area contributed by atoms with Crippen LogP contribution in [0, 0.1) is 20.8 Å². The monoisotopic (exact) mass is 369 g/mol. The molecule has 3 rings (SSSR count). The molecule has 0 aliphatic rings. The predicted octanol–water partition coefficient (Wildman–Crippen LogP) is 2.82. The first-order chi connectivity index (χ1) is 12.3. The third kappa shape index (κ3) is 3.88. The number of thioether (sulfide) groups is 1. The van der Waals surface area contributed by atoms with Gasteiger partial charge in [-0.3, -0.25) is 4.79 Å². The van der Waals surface area contributed by atoms with Gasteiger partial charge >= 0.3 is 0 Å². The molecule has 1 aromatic carbocycles. The molecule has 0 fully saturated rings. The maximum absolute atomic E-state index is 11.8. The number of aromatic nitrogens is 4. The van der Waals surface area contributed by atoms with Gasteiger partial charge in [-0.05, 0) is 31.9 Å². The van der Waals surface area contributed by atoms with Crippen molar-refractivity contribution in [1.82, 2.24) is 24.5 Å². The van der Waals surface area contributed by atoms with Gasteiger partial charge in [0.05, 0.1) is 5.75 Å². The summed E-state index contributed by atoms with van der Waals surface area (Å²) in [4.78, 5) is 22.4. The van der Waals surface area contributed by atoms with Gasteiger partial charge in [0, 0.05) is 31.9 Å². The molecule has 0 bridgehead atoms. The zero-order valence-corrected chi connectivity index (χ0v) is 16.6. The first-order valence-corrected chi connectivity index (χ1v) is 9.45. The molecule has 26 heavy (non-hydrogen) atoms. The molecule has 7 heteroatoms. The number of benzene rings is 1. The van der Waals surface area contributed by atoms with Crippen LogP contribution in [-0.2, 0) is 11.2 Å². The zero-order valence-electron chi connectivity index (χ0n) is 15.8. The van der Waals surface area contributed by atoms with E-state index in [0.717, 1.165) is 23.4 Å². The first-order valence-electron chi connectivity index (χ1n) is 8.46. The molecule has 0 spiro atoms. The van der Waals surface area contributed by atoms with Crippen LogP contribution in [-0.4, -0.2) is 50.2 Å². The van der Waals surface area contributed by atoms with E-state index in [1.54, 1.807) is 23.5 Å². The molecule has 6 nitrogen and oxygen atoms in total. The van der Waals surface area contributed by atoms with E-state index >= 15 is 0 Å². The van der Waals surface area contributed by atoms with Crippen LogP contribution in [0.2, 0.25) is 0 Å². The fourth-order valence-corrected chi connectivity index (χ4v) is 3.47. The second-order valence-corrected chi connectivity index (χ2v) is 7.55. The van der Waals surface area contributed by atoms with E-state index in [2.05, 4.69) is 46.3 Å². The van der Waals surface area contributed by atoms with E-state index in [4.69, 9.17) is 0 Å². The zero-order chi connectivity index (χ0) is 18.8. The summed E-state index contributed by atoms with van der Waals surface area (Å²) in [5.41, 5.74) is 5.65. The Labute approximate surface area is 157 Å². The van der Waals surface area contributed by atoms with Crippen molar-refractivity contribution >= 4 is 23.4 Å². The highest BCUT2D eigenvalue weighted by molar-refractivity contribution is 7.99. The summed E-state index contributed by atoms with van der Waals surface area (Å²) >= 11 is 1.33. The highest BCUT2D eigenvalue weighted by atomic mass is 32.2. The van der Waals surface area contributed by atoms with Crippen LogP contribution in [0.1, 0.15) is 28.1 Å². The lowest BCUT2D eigenvalue weighted by Gasteiger charge is -2.10. The standard InChI is InChI=1S/C19H23N5OS/c1-12-6-8-15(9-7-12)10-16-13(2)20-18-21-19(22-24(18)14(16)3)26-11-17(25)23(4)5/h6-9H,10-11H2,1-5H3. The van der Waals surface area contributed by atoms with Gasteiger partial charge in [0.2, 0.25) is 11.1 Å². The maximum Gasteiger partial charge on any atom is 0.253 e. The molecule has 0 N–H and O–H groups in total. The number of amides is 1. The summed E-state index contributed by atoms with van der Waals surface area (Å²) in [6.45, 7) is 6.14. The normalized spacial score (nSPS) is 11.1. The fourth-order valence-electron chi connectivity index (χ4n) is 2.67. The van der Waals surface area contributed by atoms with Crippen LogP contribution in [0.15, 0.2) is 29.4 Å². The van der Waals surface area contributed by atoms with Crippen LogP contribution in [0.3, 0.4) is 0 Å². The SMILES string of the molecule is Cc1ccc(Cc2c(C)nc3nc(SCC(=O)N(C)C)nn3c2C)cc1. The molecule has 0 unspecified atom stereocenters. The van der Waals surface area contributed by atoms with Gasteiger partial charge in [0.15, 0.2) is 0 Å². The number of hydrogen-bond acceptors (Lipinski definition) is 5. The summed E-state index contributed by atoms with van der Waals surface area (Å²) in [5, 5.41) is 5.11. The average Bonchev–Trinajstić information content (AvgIpc) is 3.01. The summed E-state index contributed by atoms with van der Waals surface area (Å²) in [7, 11) is 3.48. The highest BCUT2D eigenvalue weighted by Gasteiger charge is 2.15. The topological polar surface area (TPSA) is 63.4 Å². The van der Waals surface area contributed by atoms with E-state index in [9.17, 15) is 4.79 Å². The molecule has 0 saturated heterocycles. The maximum atomic E-state index is 11.8. The van der Waals surface area contributed by atoms with Gasteiger partial charge in [-0.2, -0.15) is 4.98 Å². The number of nitrogens with zero attached hydrogens (tertiary/aromatic N) is 5. The van der Waals surface area contributed by atoms with E-state index < -0.39 is 0 Å². The minimum atomic E-state index is 0.0368. The number of carbonyl (C=O) groups excluding carboxylic acids is 1. The van der Waals surface area contributed by atoms with Gasteiger partial charge in [0.25, 0.3) is 5.78 Å². The molecule has 0 aliphatic heterocycles. The highest BCUT2D eigenvalue weighted by Crippen LogP contribution is 2.21. The Bertz CT molecular complexity index is 947. The Morgan fingerprint density at radius 1 is 1.12 bits per heavy atom. The van der Waals surface area contributed by atoms with E-state index in [0.29, 0.717) is 16.7 Å². The van der Waals surface area contributed by atoms with Gasteiger partial charge in [-0.1, -0.05) is 41.6 Å². The van der Waals surface area contributed by atoms with Crippen LogP contribution in [0.25, 0.3) is 5.78 Å². The third-order valence-corrected chi connectivity index (χ3v) is 5.18. The molecule has 136 valence electrons. The second kappa shape index (κ2) is 7.45. The van der Waals surface area contributed by atoms with Crippen molar-refractivity contribution in [3.05, 3.63) is 52.3 Å². The van der Waals surface area contributed by atoms with Gasteiger partial charge in [-0.15, -0.1) is 5.10 Å². The van der Waals surface area contributed by atoms with Crippen LogP contribution >= 0.6 is 11.8 Å². The van der Waals surface area contributed by atoms with Crippen molar-refractivity contribution in [2.75, 3.05) is 19.8 Å². The lowest BCUT2D eigenvalue weighted by Crippen LogP contribution is -2.23. The van der Waals surface area contributed by atoms with Crippen molar-refractivity contribution in [1.29, 1.82) is 0 Å². The minimum Gasteiger partial charge on any atom is -0.348 e. The molecular formula is C19H23N5OS. The largest absolute Gasteiger partial charge is 0.348 e. The number of rotatable bonds is 5. The Morgan fingerprint density at radius 3 is 2.46 bits per heavy atom. The number of hydrogen-bond donors (Lipinski definition) is 0. The quantitative estimate of drug-likeness (QED) is 0.647. The molecule has 2 heterocycles. The van der Waals surface area contributed by atoms with Crippen molar-refractivity contribution in [3.63, 3.8) is 0 Å². The lowest BCUT2D eigenvalue weighted by molar-refractivity contribution is -0.125. The van der Waals surface area contributed by atoms with Crippen LogP contribution < -0.4 is 0 Å². The summed E-state index contributed by atoms with van der Waals surface area (Å²) in [5.74, 6) is 0.931. The van der Waals surface area contributed by atoms with Crippen molar-refractivity contribution < 1.29 is 4.79 Å². The Hall–Kier alpha value is -2.41. The molecule has 0 saturated carbocycles. The van der Waals surface area contributed by atoms with E-state index in [1.165, 1.54) is 22.9 Å². The molecule has 3 aromatic rings. The molecule has 1 amide bonds. The Morgan fingerprint density at radius 2 is 1.81 bits per heavy atom. The molecule has 2 aromatic heterocycles. The lowest BCUT2D eigenvalue weighted by atomic mass is 10.0. The Balaban J connectivity index is 1.89. The summed E-state index contributed by atoms with van der Waals surface area (Å²) in [6, 6.07) is 8.54. The van der Waals surface area contributed by atoms with Crippen LogP contribution in [0.4, 0.5) is 0 Å². The summed E-state index contributed by atoms with van der Waals surface area (Å²) in [6.07, 6.45) is 0.808. The number of fused-ring (bicyclic) bond motifs is 1. The first kappa shape index (κ1) is 18.4.